The fourth-order valence-electron chi connectivity index (χ4n) is 3.26. The number of fused-ring (bicyclic) bond motifs is 1. The molecule has 0 radical (unpaired) electrons. The van der Waals surface area contributed by atoms with Gasteiger partial charge in [-0.1, -0.05) is 24.6 Å². The first-order valence-electron chi connectivity index (χ1n) is 7.18. The minimum atomic E-state index is -0.274. The van der Waals surface area contributed by atoms with E-state index in [1.807, 2.05) is 24.4 Å². The molecule has 1 unspecified atom stereocenters. The molecule has 0 bridgehead atoms. The molecule has 20 heavy (non-hydrogen) atoms. The maximum absolute atomic E-state index is 8.43. The Hall–Kier alpha value is -1.74. The number of hydrogen-bond acceptors (Lipinski definition) is 3. The average molecular weight is 268 g/mol. The Bertz CT molecular complexity index is 634. The second-order valence-corrected chi connectivity index (χ2v) is 5.62. The van der Waals surface area contributed by atoms with Gasteiger partial charge in [0.2, 0.25) is 0 Å². The topological polar surface area (TPSA) is 46.0 Å². The average Bonchev–Trinajstić information content (AvgIpc) is 2.49. The Morgan fingerprint density at radius 2 is 2.15 bits per heavy atom. The third-order valence-electron chi connectivity index (χ3n) is 4.39. The lowest BCUT2D eigenvalue weighted by atomic mass is 9.69. The fraction of sp³-hybridized carbons (Fsp3) is 0.412. The maximum atomic E-state index is 8.43. The zero-order valence-electron chi connectivity index (χ0n) is 11.9. The standard InChI is InChI=1S/C17H20N2O/c1-20-12-17(9-5-4-8-16(17)18)14-10-13-6-2-3-7-15(13)19-11-14/h2-3,6-7,10-11,18H,4-5,8-9,12H2,1H3. The lowest BCUT2D eigenvalue weighted by molar-refractivity contribution is 0.148. The second-order valence-electron chi connectivity index (χ2n) is 5.62. The second kappa shape index (κ2) is 5.33. The molecule has 0 saturated heterocycles. The van der Waals surface area contributed by atoms with Crippen LogP contribution in [0.4, 0.5) is 0 Å². The molecule has 1 N–H and O–H groups in total. The molecule has 0 aliphatic heterocycles. The van der Waals surface area contributed by atoms with Crippen LogP contribution in [-0.2, 0) is 10.2 Å². The van der Waals surface area contributed by atoms with Crippen molar-refractivity contribution in [3.8, 4) is 0 Å². The number of para-hydroxylation sites is 1. The van der Waals surface area contributed by atoms with Crippen molar-refractivity contribution in [2.24, 2.45) is 0 Å². The first-order chi connectivity index (χ1) is 9.76. The number of hydrogen-bond donors (Lipinski definition) is 1. The Labute approximate surface area is 119 Å². The van der Waals surface area contributed by atoms with E-state index in [9.17, 15) is 0 Å². The lowest BCUT2D eigenvalue weighted by Crippen LogP contribution is -2.42. The Balaban J connectivity index is 2.11. The van der Waals surface area contributed by atoms with Crippen LogP contribution in [0.1, 0.15) is 31.2 Å². The van der Waals surface area contributed by atoms with Crippen LogP contribution in [0.3, 0.4) is 0 Å². The molecule has 1 fully saturated rings. The van der Waals surface area contributed by atoms with Gasteiger partial charge in [-0.3, -0.25) is 4.98 Å². The molecule has 0 amide bonds. The molecular formula is C17H20N2O. The number of pyridine rings is 1. The quantitative estimate of drug-likeness (QED) is 0.922. The summed E-state index contributed by atoms with van der Waals surface area (Å²) in [5.74, 6) is 0. The third-order valence-corrected chi connectivity index (χ3v) is 4.39. The summed E-state index contributed by atoms with van der Waals surface area (Å²) in [6.07, 6.45) is 6.06. The highest BCUT2D eigenvalue weighted by Crippen LogP contribution is 2.37. The fourth-order valence-corrected chi connectivity index (χ4v) is 3.26. The van der Waals surface area contributed by atoms with Gasteiger partial charge in [0.15, 0.2) is 0 Å². The maximum Gasteiger partial charge on any atom is 0.0702 e. The van der Waals surface area contributed by atoms with Gasteiger partial charge in [-0.05, 0) is 37.0 Å². The van der Waals surface area contributed by atoms with Crippen molar-refractivity contribution in [1.29, 1.82) is 5.41 Å². The molecule has 1 aromatic heterocycles. The van der Waals surface area contributed by atoms with Gasteiger partial charge in [0.25, 0.3) is 0 Å². The van der Waals surface area contributed by atoms with E-state index in [2.05, 4.69) is 17.1 Å². The summed E-state index contributed by atoms with van der Waals surface area (Å²) in [5.41, 5.74) is 2.65. The smallest absolute Gasteiger partial charge is 0.0702 e. The van der Waals surface area contributed by atoms with Crippen molar-refractivity contribution in [3.63, 3.8) is 0 Å². The monoisotopic (exact) mass is 268 g/mol. The molecule has 0 spiro atoms. The van der Waals surface area contributed by atoms with Crippen molar-refractivity contribution in [3.05, 3.63) is 42.1 Å². The molecule has 3 heteroatoms. The van der Waals surface area contributed by atoms with Crippen molar-refractivity contribution in [2.45, 2.75) is 31.1 Å². The minimum absolute atomic E-state index is 0.274. The molecule has 1 saturated carbocycles. The van der Waals surface area contributed by atoms with Gasteiger partial charge in [0.05, 0.1) is 17.5 Å². The number of methoxy groups -OCH3 is 1. The largest absolute Gasteiger partial charge is 0.383 e. The zero-order valence-corrected chi connectivity index (χ0v) is 11.9. The van der Waals surface area contributed by atoms with E-state index >= 15 is 0 Å². The molecule has 1 aliphatic carbocycles. The molecule has 104 valence electrons. The molecule has 1 heterocycles. The van der Waals surface area contributed by atoms with Crippen LogP contribution in [0, 0.1) is 5.41 Å². The van der Waals surface area contributed by atoms with Crippen LogP contribution >= 0.6 is 0 Å². The van der Waals surface area contributed by atoms with E-state index in [1.54, 1.807) is 7.11 Å². The van der Waals surface area contributed by atoms with Crippen LogP contribution in [0.5, 0.6) is 0 Å². The number of aromatic nitrogens is 1. The summed E-state index contributed by atoms with van der Waals surface area (Å²) >= 11 is 0. The predicted molar refractivity (Wildman–Crippen MR) is 81.5 cm³/mol. The lowest BCUT2D eigenvalue weighted by Gasteiger charge is -2.37. The Kier molecular flexibility index (Phi) is 3.53. The van der Waals surface area contributed by atoms with Gasteiger partial charge in [-0.2, -0.15) is 0 Å². The third kappa shape index (κ3) is 2.12. The molecular weight excluding hydrogens is 248 g/mol. The van der Waals surface area contributed by atoms with Gasteiger partial charge in [0.1, 0.15) is 0 Å². The summed E-state index contributed by atoms with van der Waals surface area (Å²) in [6.45, 7) is 0.575. The van der Waals surface area contributed by atoms with Crippen LogP contribution in [-0.4, -0.2) is 24.4 Å². The van der Waals surface area contributed by atoms with Crippen molar-refractivity contribution >= 4 is 16.6 Å². The van der Waals surface area contributed by atoms with Crippen LogP contribution in [0.2, 0.25) is 0 Å². The highest BCUT2D eigenvalue weighted by Gasteiger charge is 2.39. The van der Waals surface area contributed by atoms with Gasteiger partial charge in [-0.15, -0.1) is 0 Å². The summed E-state index contributed by atoms with van der Waals surface area (Å²) in [4.78, 5) is 4.57. The van der Waals surface area contributed by atoms with Crippen LogP contribution in [0.25, 0.3) is 10.9 Å². The summed E-state index contributed by atoms with van der Waals surface area (Å²) in [6, 6.07) is 10.3. The van der Waals surface area contributed by atoms with E-state index in [1.165, 1.54) is 0 Å². The molecule has 1 aromatic carbocycles. The van der Waals surface area contributed by atoms with E-state index in [0.29, 0.717) is 6.61 Å². The molecule has 1 aliphatic rings. The van der Waals surface area contributed by atoms with Crippen molar-refractivity contribution < 1.29 is 4.74 Å². The van der Waals surface area contributed by atoms with Gasteiger partial charge >= 0.3 is 0 Å². The summed E-state index contributed by atoms with van der Waals surface area (Å²) < 4.78 is 5.45. The van der Waals surface area contributed by atoms with Gasteiger partial charge < -0.3 is 10.1 Å². The molecule has 3 nitrogen and oxygen atoms in total. The van der Waals surface area contributed by atoms with Crippen LogP contribution < -0.4 is 0 Å². The SMILES string of the molecule is COCC1(c2cnc3ccccc3c2)CCCCC1=N. The molecule has 2 aromatic rings. The van der Waals surface area contributed by atoms with Crippen LogP contribution in [0.15, 0.2) is 36.5 Å². The first kappa shape index (κ1) is 13.3. The Morgan fingerprint density at radius 3 is 2.95 bits per heavy atom. The normalized spacial score (nSPS) is 23.1. The van der Waals surface area contributed by atoms with E-state index in [4.69, 9.17) is 10.1 Å². The molecule has 1 atom stereocenters. The number of ether oxygens (including phenoxy) is 1. The van der Waals surface area contributed by atoms with Crippen molar-refractivity contribution in [1.82, 2.24) is 4.98 Å². The van der Waals surface area contributed by atoms with E-state index in [-0.39, 0.29) is 5.41 Å². The van der Waals surface area contributed by atoms with E-state index < -0.39 is 0 Å². The number of rotatable bonds is 3. The summed E-state index contributed by atoms with van der Waals surface area (Å²) in [5, 5.41) is 9.57. The minimum Gasteiger partial charge on any atom is -0.383 e. The van der Waals surface area contributed by atoms with Crippen molar-refractivity contribution in [2.75, 3.05) is 13.7 Å². The first-order valence-corrected chi connectivity index (χ1v) is 7.18. The number of benzene rings is 1. The predicted octanol–water partition coefficient (Wildman–Crippen LogP) is 3.71. The van der Waals surface area contributed by atoms with Gasteiger partial charge in [0, 0.05) is 24.4 Å². The summed E-state index contributed by atoms with van der Waals surface area (Å²) in [7, 11) is 1.72. The van der Waals surface area contributed by atoms with E-state index in [0.717, 1.165) is 47.9 Å². The zero-order chi connectivity index (χ0) is 14.0. The Morgan fingerprint density at radius 1 is 1.30 bits per heavy atom. The van der Waals surface area contributed by atoms with Gasteiger partial charge in [-0.25, -0.2) is 0 Å². The number of nitrogens with zero attached hydrogens (tertiary/aromatic N) is 1. The number of nitrogens with one attached hydrogen (secondary N) is 1. The highest BCUT2D eigenvalue weighted by molar-refractivity contribution is 5.94. The highest BCUT2D eigenvalue weighted by atomic mass is 16.5. The molecule has 3 rings (SSSR count).